The molecule has 0 aliphatic carbocycles. The number of nitrogens with two attached hydrogens (primary N) is 1. The van der Waals surface area contributed by atoms with Gasteiger partial charge in [0.2, 0.25) is 0 Å². The van der Waals surface area contributed by atoms with Crippen LogP contribution in [0.3, 0.4) is 0 Å². The van der Waals surface area contributed by atoms with Gasteiger partial charge in [-0.1, -0.05) is 30.3 Å². The van der Waals surface area contributed by atoms with E-state index in [9.17, 15) is 14.3 Å². The van der Waals surface area contributed by atoms with E-state index in [1.807, 2.05) is 30.3 Å². The molecule has 0 heterocycles. The minimum Gasteiger partial charge on any atom is -0.396 e. The van der Waals surface area contributed by atoms with Crippen LogP contribution in [0, 0.1) is 5.82 Å². The van der Waals surface area contributed by atoms with Gasteiger partial charge >= 0.3 is 0 Å². The van der Waals surface area contributed by atoms with Crippen molar-refractivity contribution in [1.29, 1.82) is 0 Å². The summed E-state index contributed by atoms with van der Waals surface area (Å²) in [5.74, 6) is -1.07. The normalized spacial score (nSPS) is 11.9. The fourth-order valence-corrected chi connectivity index (χ4v) is 2.00. The van der Waals surface area contributed by atoms with E-state index in [0.29, 0.717) is 6.42 Å². The Morgan fingerprint density at radius 1 is 1.24 bits per heavy atom. The third-order valence-corrected chi connectivity index (χ3v) is 3.14. The first-order valence-electron chi connectivity index (χ1n) is 6.61. The molecule has 1 atom stereocenters. The molecule has 4 N–H and O–H groups in total. The van der Waals surface area contributed by atoms with Crippen LogP contribution >= 0.6 is 0 Å². The summed E-state index contributed by atoms with van der Waals surface area (Å²) >= 11 is 0. The lowest BCUT2D eigenvalue weighted by atomic mass is 10.1. The van der Waals surface area contributed by atoms with Crippen LogP contribution in [-0.2, 0) is 6.42 Å². The minimum atomic E-state index is -0.633. The molecule has 110 valence electrons. The first kappa shape index (κ1) is 15.0. The number of rotatable bonds is 5. The number of anilines is 1. The van der Waals surface area contributed by atoms with Crippen molar-refractivity contribution in [3.05, 3.63) is 65.5 Å². The van der Waals surface area contributed by atoms with Crippen molar-refractivity contribution in [2.75, 3.05) is 12.3 Å². The number of amides is 1. The summed E-state index contributed by atoms with van der Waals surface area (Å²) in [6.45, 7) is -0.196. The van der Waals surface area contributed by atoms with Gasteiger partial charge in [0.25, 0.3) is 5.91 Å². The molecule has 2 aromatic rings. The van der Waals surface area contributed by atoms with Crippen molar-refractivity contribution in [1.82, 2.24) is 5.32 Å². The van der Waals surface area contributed by atoms with Crippen molar-refractivity contribution in [3.8, 4) is 0 Å². The van der Waals surface area contributed by atoms with Crippen LogP contribution < -0.4 is 11.1 Å². The second-order valence-corrected chi connectivity index (χ2v) is 4.78. The van der Waals surface area contributed by atoms with E-state index in [-0.39, 0.29) is 17.9 Å². The van der Waals surface area contributed by atoms with Gasteiger partial charge in [0.1, 0.15) is 5.82 Å². The fraction of sp³-hybridized carbons (Fsp3) is 0.188. The van der Waals surface area contributed by atoms with Crippen LogP contribution in [0.5, 0.6) is 0 Å². The molecule has 0 saturated carbocycles. The predicted octanol–water partition coefficient (Wildman–Crippen LogP) is 1.74. The lowest BCUT2D eigenvalue weighted by Gasteiger charge is -2.16. The Kier molecular flexibility index (Phi) is 4.90. The highest BCUT2D eigenvalue weighted by atomic mass is 19.1. The number of halogens is 1. The van der Waals surface area contributed by atoms with E-state index in [2.05, 4.69) is 5.32 Å². The van der Waals surface area contributed by atoms with E-state index < -0.39 is 17.8 Å². The Labute approximate surface area is 122 Å². The van der Waals surface area contributed by atoms with Crippen molar-refractivity contribution in [2.45, 2.75) is 12.5 Å². The van der Waals surface area contributed by atoms with E-state index in [0.717, 1.165) is 11.6 Å². The van der Waals surface area contributed by atoms with Crippen LogP contribution in [-0.4, -0.2) is 23.7 Å². The molecule has 5 heteroatoms. The molecular weight excluding hydrogens is 271 g/mol. The van der Waals surface area contributed by atoms with Crippen LogP contribution in [0.25, 0.3) is 0 Å². The molecule has 0 bridgehead atoms. The SMILES string of the molecule is Nc1ccc(C(=O)N[C@@H](CO)Cc2ccccc2)cc1F. The molecule has 0 aromatic heterocycles. The van der Waals surface area contributed by atoms with Gasteiger partial charge in [-0.15, -0.1) is 0 Å². The van der Waals surface area contributed by atoms with Gasteiger partial charge in [-0.25, -0.2) is 4.39 Å². The summed E-state index contributed by atoms with van der Waals surface area (Å²) in [4.78, 5) is 12.0. The largest absolute Gasteiger partial charge is 0.396 e. The maximum atomic E-state index is 13.4. The molecule has 0 spiro atoms. The van der Waals surface area contributed by atoms with E-state index >= 15 is 0 Å². The zero-order valence-corrected chi connectivity index (χ0v) is 11.4. The molecule has 21 heavy (non-hydrogen) atoms. The smallest absolute Gasteiger partial charge is 0.251 e. The van der Waals surface area contributed by atoms with Crippen LogP contribution in [0.1, 0.15) is 15.9 Å². The first-order valence-corrected chi connectivity index (χ1v) is 6.61. The fourth-order valence-electron chi connectivity index (χ4n) is 2.00. The quantitative estimate of drug-likeness (QED) is 0.734. The van der Waals surface area contributed by atoms with Crippen molar-refractivity contribution in [3.63, 3.8) is 0 Å². The summed E-state index contributed by atoms with van der Waals surface area (Å²) < 4.78 is 13.4. The third kappa shape index (κ3) is 4.03. The Bertz CT molecular complexity index is 617. The number of aliphatic hydroxyl groups is 1. The lowest BCUT2D eigenvalue weighted by Crippen LogP contribution is -2.39. The summed E-state index contributed by atoms with van der Waals surface area (Å²) in [7, 11) is 0. The van der Waals surface area contributed by atoms with Crippen molar-refractivity contribution < 1.29 is 14.3 Å². The van der Waals surface area contributed by atoms with Gasteiger partial charge in [-0.05, 0) is 30.2 Å². The van der Waals surface area contributed by atoms with Gasteiger partial charge < -0.3 is 16.2 Å². The molecule has 2 rings (SSSR count). The Hall–Kier alpha value is -2.40. The Balaban J connectivity index is 2.04. The van der Waals surface area contributed by atoms with Gasteiger partial charge in [-0.3, -0.25) is 4.79 Å². The summed E-state index contributed by atoms with van der Waals surface area (Å²) in [5, 5.41) is 12.1. The molecule has 0 aliphatic rings. The number of nitrogens with one attached hydrogen (secondary N) is 1. The zero-order chi connectivity index (χ0) is 15.2. The van der Waals surface area contributed by atoms with Gasteiger partial charge in [0.05, 0.1) is 18.3 Å². The zero-order valence-electron chi connectivity index (χ0n) is 11.4. The lowest BCUT2D eigenvalue weighted by molar-refractivity contribution is 0.0916. The van der Waals surface area contributed by atoms with Crippen LogP contribution in [0.2, 0.25) is 0 Å². The second kappa shape index (κ2) is 6.85. The third-order valence-electron chi connectivity index (χ3n) is 3.14. The Morgan fingerprint density at radius 3 is 2.57 bits per heavy atom. The number of benzene rings is 2. The Morgan fingerprint density at radius 2 is 1.95 bits per heavy atom. The molecule has 0 unspecified atom stereocenters. The standard InChI is InChI=1S/C16H17FN2O2/c17-14-9-12(6-7-15(14)18)16(21)19-13(10-20)8-11-4-2-1-3-5-11/h1-7,9,13,20H,8,10,18H2,(H,19,21)/t13-/m1/s1. The highest BCUT2D eigenvalue weighted by Gasteiger charge is 2.14. The molecule has 4 nitrogen and oxygen atoms in total. The van der Waals surface area contributed by atoms with Crippen LogP contribution in [0.15, 0.2) is 48.5 Å². The van der Waals surface area contributed by atoms with E-state index in [4.69, 9.17) is 5.73 Å². The molecular formula is C16H17FN2O2. The van der Waals surface area contributed by atoms with Gasteiger partial charge in [0.15, 0.2) is 0 Å². The first-order chi connectivity index (χ1) is 10.1. The van der Waals surface area contributed by atoms with E-state index in [1.54, 1.807) is 0 Å². The summed E-state index contributed by atoms with van der Waals surface area (Å²) in [6.07, 6.45) is 0.501. The number of hydrogen-bond acceptors (Lipinski definition) is 3. The molecule has 0 aliphatic heterocycles. The number of carbonyl (C=O) groups excluding carboxylic acids is 1. The van der Waals surface area contributed by atoms with Gasteiger partial charge in [0, 0.05) is 5.56 Å². The highest BCUT2D eigenvalue weighted by molar-refractivity contribution is 5.94. The maximum Gasteiger partial charge on any atom is 0.251 e. The summed E-state index contributed by atoms with van der Waals surface area (Å²) in [6, 6.07) is 13.0. The monoisotopic (exact) mass is 288 g/mol. The van der Waals surface area contributed by atoms with Crippen LogP contribution in [0.4, 0.5) is 10.1 Å². The number of carbonyl (C=O) groups is 1. The number of aliphatic hydroxyl groups excluding tert-OH is 1. The summed E-state index contributed by atoms with van der Waals surface area (Å²) in [5.41, 5.74) is 6.54. The number of hydrogen-bond donors (Lipinski definition) is 3. The van der Waals surface area contributed by atoms with Crippen molar-refractivity contribution in [2.24, 2.45) is 0 Å². The maximum absolute atomic E-state index is 13.4. The van der Waals surface area contributed by atoms with E-state index in [1.165, 1.54) is 12.1 Å². The number of nitrogen functional groups attached to an aromatic ring is 1. The molecule has 2 aromatic carbocycles. The van der Waals surface area contributed by atoms with Gasteiger partial charge in [-0.2, -0.15) is 0 Å². The molecule has 0 fully saturated rings. The average molecular weight is 288 g/mol. The van der Waals surface area contributed by atoms with Crippen molar-refractivity contribution >= 4 is 11.6 Å². The average Bonchev–Trinajstić information content (AvgIpc) is 2.50. The predicted molar refractivity (Wildman–Crippen MR) is 79.3 cm³/mol. The second-order valence-electron chi connectivity index (χ2n) is 4.78. The minimum absolute atomic E-state index is 0.00505. The highest BCUT2D eigenvalue weighted by Crippen LogP contribution is 2.12. The molecule has 0 radical (unpaired) electrons. The molecule has 1 amide bonds. The molecule has 0 saturated heterocycles. The topological polar surface area (TPSA) is 75.4 Å².